The Morgan fingerprint density at radius 3 is 2.76 bits per heavy atom. The molecule has 17 heavy (non-hydrogen) atoms. The van der Waals surface area contributed by atoms with Gasteiger partial charge >= 0.3 is 0 Å². The molecule has 1 fully saturated rings. The summed E-state index contributed by atoms with van der Waals surface area (Å²) in [5, 5.41) is 3.18. The Labute approximate surface area is 105 Å². The van der Waals surface area contributed by atoms with Crippen LogP contribution in [0.25, 0.3) is 0 Å². The molecule has 1 aliphatic rings. The molecule has 2 amide bonds. The number of hydrogen-bond donors (Lipinski definition) is 1. The quantitative estimate of drug-likeness (QED) is 0.824. The molecule has 5 heteroatoms. The van der Waals surface area contributed by atoms with Crippen molar-refractivity contribution in [1.29, 1.82) is 0 Å². The van der Waals surface area contributed by atoms with Crippen molar-refractivity contribution in [3.63, 3.8) is 0 Å². The largest absolute Gasteiger partial charge is 0.343 e. The molecule has 1 unspecified atom stereocenters. The fourth-order valence-corrected chi connectivity index (χ4v) is 1.95. The first-order valence-corrected chi connectivity index (χ1v) is 5.73. The van der Waals surface area contributed by atoms with E-state index in [2.05, 4.69) is 5.32 Å². The van der Waals surface area contributed by atoms with Gasteiger partial charge in [0, 0.05) is 10.7 Å². The van der Waals surface area contributed by atoms with Crippen LogP contribution in [0.3, 0.4) is 0 Å². The molecular weight excluding hydrogens is 240 g/mol. The highest BCUT2D eigenvalue weighted by Crippen LogP contribution is 2.24. The minimum absolute atomic E-state index is 0.0442. The number of nitrogens with zero attached hydrogens (tertiary/aromatic N) is 1. The molecule has 0 aliphatic carbocycles. The SMILES string of the molecule is Cc1ccc(N2CC(=O)NC(C)C2=O)cc1Cl. The third-order valence-corrected chi connectivity index (χ3v) is 3.19. The molecule has 0 aromatic heterocycles. The monoisotopic (exact) mass is 252 g/mol. The number of carbonyl (C=O) groups is 2. The van der Waals surface area contributed by atoms with Gasteiger partial charge in [0.2, 0.25) is 11.8 Å². The van der Waals surface area contributed by atoms with E-state index in [1.54, 1.807) is 19.1 Å². The smallest absolute Gasteiger partial charge is 0.249 e. The molecule has 0 bridgehead atoms. The summed E-state index contributed by atoms with van der Waals surface area (Å²) < 4.78 is 0. The average molecular weight is 253 g/mol. The van der Waals surface area contributed by atoms with Crippen LogP contribution in [0.15, 0.2) is 18.2 Å². The van der Waals surface area contributed by atoms with Crippen LogP contribution in [0.1, 0.15) is 12.5 Å². The minimum Gasteiger partial charge on any atom is -0.343 e. The van der Waals surface area contributed by atoms with E-state index in [9.17, 15) is 9.59 Å². The topological polar surface area (TPSA) is 49.4 Å². The molecule has 1 heterocycles. The summed E-state index contributed by atoms with van der Waals surface area (Å²) in [6, 6.07) is 4.85. The van der Waals surface area contributed by atoms with Crippen LogP contribution in [-0.4, -0.2) is 24.4 Å². The molecule has 0 spiro atoms. The molecule has 1 aromatic carbocycles. The molecule has 2 rings (SSSR count). The minimum atomic E-state index is -0.490. The average Bonchev–Trinajstić information content (AvgIpc) is 2.27. The number of rotatable bonds is 1. The molecule has 0 radical (unpaired) electrons. The normalized spacial score (nSPS) is 20.4. The van der Waals surface area contributed by atoms with Crippen molar-refractivity contribution in [2.24, 2.45) is 0 Å². The summed E-state index contributed by atoms with van der Waals surface area (Å²) in [6.07, 6.45) is 0. The van der Waals surface area contributed by atoms with E-state index in [0.717, 1.165) is 5.56 Å². The van der Waals surface area contributed by atoms with E-state index in [-0.39, 0.29) is 18.4 Å². The summed E-state index contributed by atoms with van der Waals surface area (Å²) in [7, 11) is 0. The number of anilines is 1. The number of hydrogen-bond acceptors (Lipinski definition) is 2. The highest BCUT2D eigenvalue weighted by Gasteiger charge is 2.30. The van der Waals surface area contributed by atoms with Gasteiger partial charge in [0.1, 0.15) is 12.6 Å². The number of piperazine rings is 1. The lowest BCUT2D eigenvalue weighted by Gasteiger charge is -2.31. The van der Waals surface area contributed by atoms with Gasteiger partial charge in [-0.15, -0.1) is 0 Å². The van der Waals surface area contributed by atoms with Crippen molar-refractivity contribution in [2.75, 3.05) is 11.4 Å². The maximum absolute atomic E-state index is 11.9. The molecule has 1 aliphatic heterocycles. The van der Waals surface area contributed by atoms with Crippen molar-refractivity contribution < 1.29 is 9.59 Å². The summed E-state index contributed by atoms with van der Waals surface area (Å²) in [5.74, 6) is -0.279. The van der Waals surface area contributed by atoms with E-state index in [1.807, 2.05) is 13.0 Å². The molecular formula is C12H13ClN2O2. The van der Waals surface area contributed by atoms with Gasteiger partial charge in [0.25, 0.3) is 0 Å². The van der Waals surface area contributed by atoms with Gasteiger partial charge < -0.3 is 10.2 Å². The van der Waals surface area contributed by atoms with E-state index in [0.29, 0.717) is 10.7 Å². The first-order valence-electron chi connectivity index (χ1n) is 5.36. The Bertz CT molecular complexity index is 487. The fourth-order valence-electron chi connectivity index (χ4n) is 1.77. The Balaban J connectivity index is 2.34. The zero-order valence-corrected chi connectivity index (χ0v) is 10.4. The van der Waals surface area contributed by atoms with Crippen LogP contribution >= 0.6 is 11.6 Å². The van der Waals surface area contributed by atoms with E-state index in [4.69, 9.17) is 11.6 Å². The third kappa shape index (κ3) is 2.26. The van der Waals surface area contributed by atoms with Crippen molar-refractivity contribution in [3.8, 4) is 0 Å². The van der Waals surface area contributed by atoms with Crippen LogP contribution in [-0.2, 0) is 9.59 Å². The maximum Gasteiger partial charge on any atom is 0.249 e. The zero-order chi connectivity index (χ0) is 12.6. The van der Waals surface area contributed by atoms with Crippen LogP contribution in [0, 0.1) is 6.92 Å². The van der Waals surface area contributed by atoms with Crippen LogP contribution in [0.2, 0.25) is 5.02 Å². The number of benzene rings is 1. The number of aryl methyl sites for hydroxylation is 1. The predicted molar refractivity (Wildman–Crippen MR) is 66.1 cm³/mol. The first kappa shape index (κ1) is 11.9. The van der Waals surface area contributed by atoms with Crippen LogP contribution in [0.5, 0.6) is 0 Å². The predicted octanol–water partition coefficient (Wildman–Crippen LogP) is 1.50. The standard InChI is InChI=1S/C12H13ClN2O2/c1-7-3-4-9(5-10(7)13)15-6-11(16)14-8(2)12(15)17/h3-5,8H,6H2,1-2H3,(H,14,16). The Hall–Kier alpha value is -1.55. The highest BCUT2D eigenvalue weighted by molar-refractivity contribution is 6.31. The fraction of sp³-hybridized carbons (Fsp3) is 0.333. The molecule has 1 aromatic rings. The van der Waals surface area contributed by atoms with Gasteiger partial charge in [0.15, 0.2) is 0 Å². The van der Waals surface area contributed by atoms with Gasteiger partial charge in [-0.05, 0) is 31.5 Å². The van der Waals surface area contributed by atoms with Gasteiger partial charge in [-0.25, -0.2) is 0 Å². The molecule has 1 atom stereocenters. The lowest BCUT2D eigenvalue weighted by molar-refractivity contribution is -0.130. The molecule has 90 valence electrons. The van der Waals surface area contributed by atoms with Gasteiger partial charge in [0.05, 0.1) is 0 Å². The summed E-state index contributed by atoms with van der Waals surface area (Å²) in [5.41, 5.74) is 1.60. The second-order valence-corrected chi connectivity index (χ2v) is 4.55. The van der Waals surface area contributed by atoms with E-state index < -0.39 is 6.04 Å². The Kier molecular flexibility index (Phi) is 3.07. The molecule has 0 saturated carbocycles. The second-order valence-electron chi connectivity index (χ2n) is 4.15. The van der Waals surface area contributed by atoms with Crippen LogP contribution < -0.4 is 10.2 Å². The number of halogens is 1. The summed E-state index contributed by atoms with van der Waals surface area (Å²) in [6.45, 7) is 3.60. The molecule has 1 saturated heterocycles. The summed E-state index contributed by atoms with van der Waals surface area (Å²) in [4.78, 5) is 24.8. The molecule has 1 N–H and O–H groups in total. The second kappa shape index (κ2) is 4.37. The van der Waals surface area contributed by atoms with Gasteiger partial charge in [-0.3, -0.25) is 9.59 Å². The third-order valence-electron chi connectivity index (χ3n) is 2.78. The zero-order valence-electron chi connectivity index (χ0n) is 9.66. The first-order chi connectivity index (χ1) is 7.99. The van der Waals surface area contributed by atoms with Crippen molar-refractivity contribution >= 4 is 29.1 Å². The van der Waals surface area contributed by atoms with Crippen molar-refractivity contribution in [3.05, 3.63) is 28.8 Å². The van der Waals surface area contributed by atoms with E-state index >= 15 is 0 Å². The Morgan fingerprint density at radius 2 is 2.12 bits per heavy atom. The molecule has 4 nitrogen and oxygen atoms in total. The van der Waals surface area contributed by atoms with Gasteiger partial charge in [-0.1, -0.05) is 17.7 Å². The summed E-state index contributed by atoms with van der Waals surface area (Å²) >= 11 is 6.02. The van der Waals surface area contributed by atoms with Crippen molar-refractivity contribution in [1.82, 2.24) is 5.32 Å². The van der Waals surface area contributed by atoms with E-state index in [1.165, 1.54) is 4.90 Å². The van der Waals surface area contributed by atoms with Crippen molar-refractivity contribution in [2.45, 2.75) is 19.9 Å². The van der Waals surface area contributed by atoms with Crippen LogP contribution in [0.4, 0.5) is 5.69 Å². The maximum atomic E-state index is 11.9. The lowest BCUT2D eigenvalue weighted by Crippen LogP contribution is -2.57. The lowest BCUT2D eigenvalue weighted by atomic mass is 10.1. The Morgan fingerprint density at radius 1 is 1.41 bits per heavy atom. The van der Waals surface area contributed by atoms with Gasteiger partial charge in [-0.2, -0.15) is 0 Å². The number of carbonyl (C=O) groups excluding carboxylic acids is 2. The number of nitrogens with one attached hydrogen (secondary N) is 1. The number of amides is 2. The highest BCUT2D eigenvalue weighted by atomic mass is 35.5.